The molecule has 0 unspecified atom stereocenters. The number of benzene rings is 1. The second kappa shape index (κ2) is 9.74. The Labute approximate surface area is 219 Å². The van der Waals surface area contributed by atoms with Gasteiger partial charge in [0, 0.05) is 23.7 Å². The van der Waals surface area contributed by atoms with Crippen molar-refractivity contribution in [3.05, 3.63) is 46.7 Å². The molecule has 5 rings (SSSR count). The minimum atomic E-state index is -4.46. The van der Waals surface area contributed by atoms with Crippen LogP contribution in [0.15, 0.2) is 30.7 Å². The average Bonchev–Trinajstić information content (AvgIpc) is 3.67. The van der Waals surface area contributed by atoms with Crippen LogP contribution in [0.2, 0.25) is 0 Å². The second-order valence-electron chi connectivity index (χ2n) is 9.25. The van der Waals surface area contributed by atoms with E-state index >= 15 is 0 Å². The number of anilines is 3. The number of amides is 2. The first-order chi connectivity index (χ1) is 18.0. The highest BCUT2D eigenvalue weighted by molar-refractivity contribution is 7.17. The van der Waals surface area contributed by atoms with Gasteiger partial charge in [-0.2, -0.15) is 23.4 Å². The largest absolute Gasteiger partial charge is 0.408 e. The molecule has 1 aromatic carbocycles. The van der Waals surface area contributed by atoms with Crippen molar-refractivity contribution in [2.75, 3.05) is 17.2 Å². The number of likely N-dealkylation sites (tertiary alicyclic amines) is 1. The van der Waals surface area contributed by atoms with Crippen LogP contribution < -0.4 is 10.6 Å². The zero-order valence-electron chi connectivity index (χ0n) is 20.8. The van der Waals surface area contributed by atoms with Gasteiger partial charge >= 0.3 is 6.18 Å². The molecule has 1 saturated heterocycles. The molecule has 4 aromatic rings. The van der Waals surface area contributed by atoms with Gasteiger partial charge in [0.25, 0.3) is 5.91 Å². The molecule has 0 spiro atoms. The molecule has 14 heteroatoms. The van der Waals surface area contributed by atoms with E-state index in [-0.39, 0.29) is 18.9 Å². The van der Waals surface area contributed by atoms with E-state index in [1.807, 2.05) is 19.1 Å². The molecule has 1 aliphatic heterocycles. The number of thiazole rings is 1. The number of aryl methyl sites for hydroxylation is 2. The molecular weight excluding hydrogens is 521 g/mol. The van der Waals surface area contributed by atoms with E-state index in [1.54, 1.807) is 19.3 Å². The number of H-pyrrole nitrogens is 1. The quantitative estimate of drug-likeness (QED) is 0.315. The number of hydrogen-bond donors (Lipinski definition) is 3. The lowest BCUT2D eigenvalue weighted by Crippen LogP contribution is -2.46. The Morgan fingerprint density at radius 2 is 2.00 bits per heavy atom. The van der Waals surface area contributed by atoms with Gasteiger partial charge in [-0.3, -0.25) is 19.4 Å². The van der Waals surface area contributed by atoms with Crippen LogP contribution in [-0.4, -0.2) is 60.4 Å². The third-order valence-corrected chi connectivity index (χ3v) is 7.52. The first-order valence-electron chi connectivity index (χ1n) is 11.9. The van der Waals surface area contributed by atoms with Gasteiger partial charge < -0.3 is 15.5 Å². The topological polar surface area (TPSA) is 121 Å². The van der Waals surface area contributed by atoms with Crippen molar-refractivity contribution in [3.8, 4) is 0 Å². The molecule has 38 heavy (non-hydrogen) atoms. The summed E-state index contributed by atoms with van der Waals surface area (Å²) in [5, 5.41) is 18.4. The molecule has 1 aliphatic rings. The first kappa shape index (κ1) is 25.7. The average molecular weight is 547 g/mol. The SMILES string of the molecule is Cc1cn([C@H](C)C(=O)N2CCC[C@@H]2C(F)(F)F)nc1Nc1ncc(C(=O)Nc2c(C)ccc3[nH]ncc23)s1. The van der Waals surface area contributed by atoms with E-state index in [0.717, 1.165) is 32.7 Å². The van der Waals surface area contributed by atoms with E-state index in [4.69, 9.17) is 0 Å². The number of alkyl halides is 3. The molecule has 4 heterocycles. The van der Waals surface area contributed by atoms with Gasteiger partial charge in [-0.25, -0.2) is 4.98 Å². The summed E-state index contributed by atoms with van der Waals surface area (Å²) in [5.41, 5.74) is 3.01. The fourth-order valence-electron chi connectivity index (χ4n) is 4.53. The number of carbonyl (C=O) groups excluding carboxylic acids is 2. The van der Waals surface area contributed by atoms with Crippen LogP contribution >= 0.6 is 11.3 Å². The minimum Gasteiger partial charge on any atom is -0.329 e. The predicted octanol–water partition coefficient (Wildman–Crippen LogP) is 4.94. The van der Waals surface area contributed by atoms with Crippen LogP contribution in [0.1, 0.15) is 46.6 Å². The zero-order valence-corrected chi connectivity index (χ0v) is 21.6. The molecule has 1 fully saturated rings. The summed E-state index contributed by atoms with van der Waals surface area (Å²) >= 11 is 1.12. The monoisotopic (exact) mass is 546 g/mol. The highest BCUT2D eigenvalue weighted by atomic mass is 32.1. The molecule has 2 amide bonds. The number of rotatable bonds is 6. The number of nitrogens with zero attached hydrogens (tertiary/aromatic N) is 5. The Morgan fingerprint density at radius 3 is 2.76 bits per heavy atom. The van der Waals surface area contributed by atoms with Crippen molar-refractivity contribution in [2.45, 2.75) is 51.9 Å². The van der Waals surface area contributed by atoms with Gasteiger partial charge in [-0.15, -0.1) is 0 Å². The lowest BCUT2D eigenvalue weighted by molar-refractivity contribution is -0.184. The summed E-state index contributed by atoms with van der Waals surface area (Å²) in [5.74, 6) is -0.576. The normalized spacial score (nSPS) is 16.7. The van der Waals surface area contributed by atoms with Crippen molar-refractivity contribution in [3.63, 3.8) is 0 Å². The maximum atomic E-state index is 13.3. The Kier molecular flexibility index (Phi) is 6.59. The summed E-state index contributed by atoms with van der Waals surface area (Å²) in [6, 6.07) is 1.08. The zero-order chi connectivity index (χ0) is 27.2. The fraction of sp³-hybridized carbons (Fsp3) is 0.375. The number of aromatic nitrogens is 5. The van der Waals surface area contributed by atoms with Crippen LogP contribution in [0.3, 0.4) is 0 Å². The molecular formula is C24H25F3N8O2S. The lowest BCUT2D eigenvalue weighted by atomic mass is 10.1. The number of nitrogens with one attached hydrogen (secondary N) is 3. The number of fused-ring (bicyclic) bond motifs is 1. The summed E-state index contributed by atoms with van der Waals surface area (Å²) in [6.45, 7) is 5.24. The highest BCUT2D eigenvalue weighted by Gasteiger charge is 2.48. The maximum Gasteiger partial charge on any atom is 0.408 e. The molecule has 0 bridgehead atoms. The summed E-state index contributed by atoms with van der Waals surface area (Å²) in [7, 11) is 0. The Balaban J connectivity index is 1.28. The number of hydrogen-bond acceptors (Lipinski definition) is 7. The molecule has 200 valence electrons. The molecule has 10 nitrogen and oxygen atoms in total. The molecule has 0 radical (unpaired) electrons. The van der Waals surface area contributed by atoms with Crippen LogP contribution in [0.5, 0.6) is 0 Å². The molecule has 0 aliphatic carbocycles. The van der Waals surface area contributed by atoms with Crippen molar-refractivity contribution < 1.29 is 22.8 Å². The maximum absolute atomic E-state index is 13.3. The lowest BCUT2D eigenvalue weighted by Gasteiger charge is -2.28. The summed E-state index contributed by atoms with van der Waals surface area (Å²) in [4.78, 5) is 31.3. The van der Waals surface area contributed by atoms with E-state index < -0.39 is 24.2 Å². The highest BCUT2D eigenvalue weighted by Crippen LogP contribution is 2.34. The van der Waals surface area contributed by atoms with Gasteiger partial charge in [0.2, 0.25) is 5.91 Å². The van der Waals surface area contributed by atoms with Crippen LogP contribution in [0.4, 0.5) is 29.8 Å². The molecule has 2 atom stereocenters. The van der Waals surface area contributed by atoms with Gasteiger partial charge in [0.15, 0.2) is 10.9 Å². The van der Waals surface area contributed by atoms with E-state index in [2.05, 4.69) is 30.9 Å². The number of halogens is 3. The van der Waals surface area contributed by atoms with E-state index in [1.165, 1.54) is 17.8 Å². The van der Waals surface area contributed by atoms with Crippen molar-refractivity contribution in [2.24, 2.45) is 0 Å². The third-order valence-electron chi connectivity index (χ3n) is 6.61. The molecule has 3 N–H and O–H groups in total. The Bertz CT molecular complexity index is 1510. The standard InChI is InChI=1S/C24H25F3N8O2S/c1-12-6-7-16-15(9-29-32-16)19(12)30-21(36)17-10-28-23(38-17)31-20-13(2)11-35(33-20)14(3)22(37)34-8-4-5-18(34)24(25,26)27/h6-7,9-11,14,18H,4-5,8H2,1-3H3,(H,29,32)(H,30,36)(H,28,31,33)/t14-,18-/m1/s1. The fourth-order valence-corrected chi connectivity index (χ4v) is 5.24. The third kappa shape index (κ3) is 4.83. The van der Waals surface area contributed by atoms with Crippen molar-refractivity contribution >= 4 is 50.7 Å². The second-order valence-corrected chi connectivity index (χ2v) is 10.3. The minimum absolute atomic E-state index is 0.0668. The van der Waals surface area contributed by atoms with E-state index in [9.17, 15) is 22.8 Å². The van der Waals surface area contributed by atoms with Gasteiger partial charge in [-0.1, -0.05) is 17.4 Å². The molecule has 3 aromatic heterocycles. The van der Waals surface area contributed by atoms with Crippen molar-refractivity contribution in [1.29, 1.82) is 0 Å². The number of carbonyl (C=O) groups is 2. The molecule has 0 saturated carbocycles. The predicted molar refractivity (Wildman–Crippen MR) is 137 cm³/mol. The van der Waals surface area contributed by atoms with Gasteiger partial charge in [0.1, 0.15) is 17.0 Å². The van der Waals surface area contributed by atoms with Gasteiger partial charge in [-0.05, 0) is 45.2 Å². The van der Waals surface area contributed by atoms with Crippen molar-refractivity contribution in [1.82, 2.24) is 29.9 Å². The smallest absolute Gasteiger partial charge is 0.329 e. The van der Waals surface area contributed by atoms with Crippen LogP contribution in [0.25, 0.3) is 10.9 Å². The Morgan fingerprint density at radius 1 is 1.21 bits per heavy atom. The summed E-state index contributed by atoms with van der Waals surface area (Å²) in [6.07, 6.45) is 0.441. The Hall–Kier alpha value is -3.94. The summed E-state index contributed by atoms with van der Waals surface area (Å²) < 4.78 is 41.4. The number of aromatic amines is 1. The van der Waals surface area contributed by atoms with Gasteiger partial charge in [0.05, 0.1) is 23.6 Å². The van der Waals surface area contributed by atoms with Crippen LogP contribution in [-0.2, 0) is 4.79 Å². The van der Waals surface area contributed by atoms with E-state index in [0.29, 0.717) is 33.5 Å². The first-order valence-corrected chi connectivity index (χ1v) is 12.7. The van der Waals surface area contributed by atoms with Crippen LogP contribution in [0, 0.1) is 13.8 Å².